The van der Waals surface area contributed by atoms with Gasteiger partial charge in [-0.1, -0.05) is 13.0 Å². The molecule has 0 aliphatic carbocycles. The number of nitrogens with zero attached hydrogens (tertiary/aromatic N) is 3. The molecule has 0 aliphatic rings. The van der Waals surface area contributed by atoms with Crippen molar-refractivity contribution in [2.24, 2.45) is 0 Å². The highest BCUT2D eigenvalue weighted by atomic mass is 32.1. The summed E-state index contributed by atoms with van der Waals surface area (Å²) in [6, 6.07) is 4.25. The molecule has 2 rings (SSSR count). The molecule has 0 radical (unpaired) electrons. The second-order valence-electron chi connectivity index (χ2n) is 4.97. The normalized spacial score (nSPS) is 11.2. The topological polar surface area (TPSA) is 41.0 Å². The fourth-order valence-electron chi connectivity index (χ4n) is 2.01. The molecule has 0 bridgehead atoms. The minimum atomic E-state index is 0.845. The van der Waals surface area contributed by atoms with Crippen molar-refractivity contribution in [2.45, 2.75) is 33.5 Å². The van der Waals surface area contributed by atoms with Crippen molar-refractivity contribution in [3.63, 3.8) is 0 Å². The van der Waals surface area contributed by atoms with E-state index in [1.54, 1.807) is 11.3 Å². The second-order valence-corrected chi connectivity index (χ2v) is 6.03. The lowest BCUT2D eigenvalue weighted by atomic mass is 10.2. The maximum Gasteiger partial charge on any atom is 0.0897 e. The molecule has 108 valence electrons. The minimum absolute atomic E-state index is 0.845. The number of thiazole rings is 1. The first-order valence-corrected chi connectivity index (χ1v) is 7.79. The molecule has 0 atom stereocenters. The second kappa shape index (κ2) is 7.47. The molecule has 0 aromatic carbocycles. The first kappa shape index (κ1) is 15.1. The maximum absolute atomic E-state index is 4.52. The van der Waals surface area contributed by atoms with Crippen LogP contribution in [-0.4, -0.2) is 28.5 Å². The Morgan fingerprint density at radius 1 is 1.25 bits per heavy atom. The lowest BCUT2D eigenvalue weighted by molar-refractivity contribution is 0.311. The van der Waals surface area contributed by atoms with Gasteiger partial charge in [-0.3, -0.25) is 9.88 Å². The number of aromatic nitrogens is 2. The van der Waals surface area contributed by atoms with Crippen molar-refractivity contribution in [3.8, 4) is 0 Å². The zero-order chi connectivity index (χ0) is 14.4. The molecule has 0 amide bonds. The molecule has 4 nitrogen and oxygen atoms in total. The van der Waals surface area contributed by atoms with E-state index in [9.17, 15) is 0 Å². The van der Waals surface area contributed by atoms with Gasteiger partial charge in [-0.15, -0.1) is 11.3 Å². The predicted molar refractivity (Wildman–Crippen MR) is 83.6 cm³/mol. The monoisotopic (exact) mass is 290 g/mol. The van der Waals surface area contributed by atoms with E-state index in [1.165, 1.54) is 5.56 Å². The van der Waals surface area contributed by atoms with Gasteiger partial charge in [0.1, 0.15) is 0 Å². The molecule has 5 heteroatoms. The third-order valence-corrected chi connectivity index (χ3v) is 3.82. The molecule has 2 aromatic heterocycles. The van der Waals surface area contributed by atoms with Crippen LogP contribution in [0.15, 0.2) is 23.7 Å². The largest absolute Gasteiger partial charge is 0.313 e. The summed E-state index contributed by atoms with van der Waals surface area (Å²) >= 11 is 1.70. The zero-order valence-corrected chi connectivity index (χ0v) is 13.2. The summed E-state index contributed by atoms with van der Waals surface area (Å²) in [5.41, 5.74) is 3.46. The molecule has 0 unspecified atom stereocenters. The maximum atomic E-state index is 4.52. The van der Waals surface area contributed by atoms with Gasteiger partial charge in [0.2, 0.25) is 0 Å². The molecule has 0 fully saturated rings. The fourth-order valence-corrected chi connectivity index (χ4v) is 2.62. The number of hydrogen-bond acceptors (Lipinski definition) is 5. The van der Waals surface area contributed by atoms with Crippen LogP contribution in [0.3, 0.4) is 0 Å². The van der Waals surface area contributed by atoms with Crippen LogP contribution in [0.5, 0.6) is 0 Å². The molecule has 0 aliphatic heterocycles. The molecule has 0 saturated carbocycles. The van der Waals surface area contributed by atoms with Crippen LogP contribution >= 0.6 is 11.3 Å². The van der Waals surface area contributed by atoms with E-state index < -0.39 is 0 Å². The average Bonchev–Trinajstić information content (AvgIpc) is 2.83. The summed E-state index contributed by atoms with van der Waals surface area (Å²) in [7, 11) is 2.10. The van der Waals surface area contributed by atoms with E-state index in [4.69, 9.17) is 0 Å². The Balaban J connectivity index is 1.85. The zero-order valence-electron chi connectivity index (χ0n) is 12.4. The van der Waals surface area contributed by atoms with Crippen molar-refractivity contribution in [2.75, 3.05) is 13.6 Å². The Morgan fingerprint density at radius 2 is 2.05 bits per heavy atom. The van der Waals surface area contributed by atoms with Crippen molar-refractivity contribution >= 4 is 11.3 Å². The summed E-state index contributed by atoms with van der Waals surface area (Å²) in [5, 5.41) is 6.55. The highest BCUT2D eigenvalue weighted by molar-refractivity contribution is 7.09. The molecule has 2 aromatic rings. The molecule has 1 N–H and O–H groups in total. The van der Waals surface area contributed by atoms with Gasteiger partial charge in [-0.25, -0.2) is 4.98 Å². The first-order chi connectivity index (χ1) is 9.67. The number of rotatable bonds is 7. The van der Waals surface area contributed by atoms with E-state index >= 15 is 0 Å². The summed E-state index contributed by atoms with van der Waals surface area (Å²) < 4.78 is 0. The Labute approximate surface area is 124 Å². The molecule has 20 heavy (non-hydrogen) atoms. The van der Waals surface area contributed by atoms with Gasteiger partial charge in [0.15, 0.2) is 0 Å². The summed E-state index contributed by atoms with van der Waals surface area (Å²) in [6.07, 6.45) is 1.96. The van der Waals surface area contributed by atoms with Crippen LogP contribution < -0.4 is 5.32 Å². The minimum Gasteiger partial charge on any atom is -0.313 e. The van der Waals surface area contributed by atoms with Gasteiger partial charge >= 0.3 is 0 Å². The Kier molecular flexibility index (Phi) is 5.64. The van der Waals surface area contributed by atoms with Crippen LogP contribution in [-0.2, 0) is 19.6 Å². The SMILES string of the molecule is CCNCc1ccc(CN(C)Cc2csc(C)n2)nc1. The number of nitrogens with one attached hydrogen (secondary N) is 1. The summed E-state index contributed by atoms with van der Waals surface area (Å²) in [5.74, 6) is 0. The van der Waals surface area contributed by atoms with Gasteiger partial charge in [0.05, 0.1) is 16.4 Å². The standard InChI is InChI=1S/C15H22N4S/c1-4-16-7-13-5-6-14(17-8-13)9-19(3)10-15-11-20-12(2)18-15/h5-6,8,11,16H,4,7,9-10H2,1-3H3. The molecule has 0 spiro atoms. The Bertz CT molecular complexity index is 521. The van der Waals surface area contributed by atoms with Crippen molar-refractivity contribution in [1.29, 1.82) is 0 Å². The first-order valence-electron chi connectivity index (χ1n) is 6.91. The van der Waals surface area contributed by atoms with Crippen molar-refractivity contribution in [3.05, 3.63) is 45.7 Å². The van der Waals surface area contributed by atoms with E-state index in [0.29, 0.717) is 0 Å². The lowest BCUT2D eigenvalue weighted by Crippen LogP contribution is -2.18. The number of aryl methyl sites for hydroxylation is 1. The van der Waals surface area contributed by atoms with Crippen LogP contribution in [0.4, 0.5) is 0 Å². The number of hydrogen-bond donors (Lipinski definition) is 1. The Morgan fingerprint density at radius 3 is 2.65 bits per heavy atom. The molecule has 2 heterocycles. The molecular weight excluding hydrogens is 268 g/mol. The number of pyridine rings is 1. The van der Waals surface area contributed by atoms with Gasteiger partial charge in [0.25, 0.3) is 0 Å². The van der Waals surface area contributed by atoms with Crippen LogP contribution in [0, 0.1) is 6.92 Å². The highest BCUT2D eigenvalue weighted by Crippen LogP contribution is 2.11. The van der Waals surface area contributed by atoms with Crippen LogP contribution in [0.1, 0.15) is 28.9 Å². The smallest absolute Gasteiger partial charge is 0.0897 e. The molecular formula is C15H22N4S. The van der Waals surface area contributed by atoms with E-state index in [0.717, 1.165) is 42.6 Å². The van der Waals surface area contributed by atoms with Gasteiger partial charge in [-0.05, 0) is 32.1 Å². The average molecular weight is 290 g/mol. The van der Waals surface area contributed by atoms with Crippen LogP contribution in [0.2, 0.25) is 0 Å². The summed E-state index contributed by atoms with van der Waals surface area (Å²) in [6.45, 7) is 7.73. The lowest BCUT2D eigenvalue weighted by Gasteiger charge is -2.14. The van der Waals surface area contributed by atoms with Gasteiger partial charge < -0.3 is 5.32 Å². The van der Waals surface area contributed by atoms with E-state index in [2.05, 4.69) is 51.7 Å². The van der Waals surface area contributed by atoms with E-state index in [1.807, 2.05) is 13.1 Å². The van der Waals surface area contributed by atoms with E-state index in [-0.39, 0.29) is 0 Å². The highest BCUT2D eigenvalue weighted by Gasteiger charge is 2.05. The van der Waals surface area contributed by atoms with Crippen molar-refractivity contribution in [1.82, 2.24) is 20.2 Å². The quantitative estimate of drug-likeness (QED) is 0.851. The van der Waals surface area contributed by atoms with Gasteiger partial charge in [-0.2, -0.15) is 0 Å². The fraction of sp³-hybridized carbons (Fsp3) is 0.467. The summed E-state index contributed by atoms with van der Waals surface area (Å²) in [4.78, 5) is 11.2. The third-order valence-electron chi connectivity index (χ3n) is 3.00. The Hall–Kier alpha value is -1.30. The van der Waals surface area contributed by atoms with Crippen molar-refractivity contribution < 1.29 is 0 Å². The third kappa shape index (κ3) is 4.67. The molecule has 0 saturated heterocycles. The predicted octanol–water partition coefficient (Wildman–Crippen LogP) is 2.59. The van der Waals surface area contributed by atoms with Crippen LogP contribution in [0.25, 0.3) is 0 Å². The van der Waals surface area contributed by atoms with Gasteiger partial charge in [0, 0.05) is 31.2 Å².